The van der Waals surface area contributed by atoms with Gasteiger partial charge in [-0.2, -0.15) is 0 Å². The molecule has 0 N–H and O–H groups in total. The van der Waals surface area contributed by atoms with Crippen LogP contribution < -0.4 is 0 Å². The minimum absolute atomic E-state index is 0.111. The van der Waals surface area contributed by atoms with Gasteiger partial charge in [0.25, 0.3) is 0 Å². The second-order valence-electron chi connectivity index (χ2n) is 13.8. The van der Waals surface area contributed by atoms with Gasteiger partial charge >= 0.3 is 17.9 Å². The molecule has 0 aliphatic rings. The smallest absolute Gasteiger partial charge is 0.306 e. The summed E-state index contributed by atoms with van der Waals surface area (Å²) in [7, 11) is 0. The summed E-state index contributed by atoms with van der Waals surface area (Å²) in [6.45, 7) is 6.27. The summed E-state index contributed by atoms with van der Waals surface area (Å²) in [6.07, 6.45) is 53.0. The van der Waals surface area contributed by atoms with Crippen molar-refractivity contribution in [2.75, 3.05) is 13.2 Å². The molecular formula is C48H78O6. The van der Waals surface area contributed by atoms with Gasteiger partial charge < -0.3 is 14.2 Å². The molecule has 0 spiro atoms. The molecule has 306 valence electrons. The normalized spacial score (nSPS) is 12.9. The molecule has 0 aromatic carbocycles. The van der Waals surface area contributed by atoms with Crippen molar-refractivity contribution in [3.63, 3.8) is 0 Å². The Labute approximate surface area is 331 Å². The van der Waals surface area contributed by atoms with E-state index in [1.165, 1.54) is 32.1 Å². The molecule has 1 atom stereocenters. The molecule has 0 rings (SSSR count). The molecule has 0 bridgehead atoms. The molecule has 0 aliphatic carbocycles. The molecule has 0 heterocycles. The lowest BCUT2D eigenvalue weighted by Gasteiger charge is -2.18. The van der Waals surface area contributed by atoms with Crippen LogP contribution in [0.2, 0.25) is 0 Å². The second kappa shape index (κ2) is 42.3. The molecule has 0 fully saturated rings. The standard InChI is InChI=1S/C48H78O6/c1-4-7-10-13-16-19-21-23-24-26-27-29-32-35-38-41-47(50)53-44-45(43-52-46(49)40-37-34-31-18-15-12-9-6-3)54-48(51)42-39-36-33-30-28-25-22-20-17-14-11-8-5-2/h7-8,10-11,16-17,19-20,23-25,28,33,36,45H,4-6,9,12-15,18,21-22,26-27,29-32,34-35,37-44H2,1-3H3/b10-7-,11-8-,19-16-,20-17-,24-23-,28-25-,36-33-. The van der Waals surface area contributed by atoms with Gasteiger partial charge in [0, 0.05) is 19.3 Å². The fourth-order valence-electron chi connectivity index (χ4n) is 5.47. The molecule has 6 nitrogen and oxygen atoms in total. The van der Waals surface area contributed by atoms with Crippen molar-refractivity contribution in [3.8, 4) is 0 Å². The van der Waals surface area contributed by atoms with Crippen LogP contribution in [0, 0.1) is 0 Å². The predicted molar refractivity (Wildman–Crippen MR) is 228 cm³/mol. The number of ether oxygens (including phenoxy) is 3. The monoisotopic (exact) mass is 751 g/mol. The number of allylic oxidation sites excluding steroid dienone is 14. The first-order chi connectivity index (χ1) is 26.5. The number of hydrogen-bond acceptors (Lipinski definition) is 6. The average Bonchev–Trinajstić information content (AvgIpc) is 3.17. The third-order valence-corrected chi connectivity index (χ3v) is 8.66. The molecule has 0 aromatic heterocycles. The van der Waals surface area contributed by atoms with Gasteiger partial charge in [0.1, 0.15) is 13.2 Å². The van der Waals surface area contributed by atoms with Crippen LogP contribution in [0.4, 0.5) is 0 Å². The molecule has 0 amide bonds. The molecular weight excluding hydrogens is 673 g/mol. The minimum Gasteiger partial charge on any atom is -0.462 e. The maximum Gasteiger partial charge on any atom is 0.306 e. The van der Waals surface area contributed by atoms with E-state index < -0.39 is 12.1 Å². The first-order valence-corrected chi connectivity index (χ1v) is 21.6. The highest BCUT2D eigenvalue weighted by atomic mass is 16.6. The third-order valence-electron chi connectivity index (χ3n) is 8.66. The Hall–Kier alpha value is -3.41. The first-order valence-electron chi connectivity index (χ1n) is 21.6. The molecule has 6 heteroatoms. The number of rotatable bonds is 37. The van der Waals surface area contributed by atoms with Gasteiger partial charge in [-0.15, -0.1) is 0 Å². The van der Waals surface area contributed by atoms with E-state index >= 15 is 0 Å². The van der Waals surface area contributed by atoms with Crippen LogP contribution in [0.1, 0.15) is 181 Å². The van der Waals surface area contributed by atoms with Gasteiger partial charge in [0.15, 0.2) is 6.10 Å². The van der Waals surface area contributed by atoms with E-state index in [0.717, 1.165) is 103 Å². The summed E-state index contributed by atoms with van der Waals surface area (Å²) in [5, 5.41) is 0. The number of carbonyl (C=O) groups is 3. The van der Waals surface area contributed by atoms with Crippen molar-refractivity contribution in [2.24, 2.45) is 0 Å². The van der Waals surface area contributed by atoms with E-state index in [1.807, 2.05) is 12.2 Å². The van der Waals surface area contributed by atoms with Gasteiger partial charge in [-0.25, -0.2) is 0 Å². The average molecular weight is 751 g/mol. The summed E-state index contributed by atoms with van der Waals surface area (Å²) in [6, 6.07) is 0. The van der Waals surface area contributed by atoms with Crippen molar-refractivity contribution in [3.05, 3.63) is 85.1 Å². The summed E-state index contributed by atoms with van der Waals surface area (Å²) >= 11 is 0. The van der Waals surface area contributed by atoms with Crippen LogP contribution in [0.3, 0.4) is 0 Å². The zero-order chi connectivity index (χ0) is 39.4. The Morgan fingerprint density at radius 3 is 1.20 bits per heavy atom. The molecule has 0 radical (unpaired) electrons. The van der Waals surface area contributed by atoms with Crippen LogP contribution >= 0.6 is 0 Å². The summed E-state index contributed by atoms with van der Waals surface area (Å²) in [4.78, 5) is 37.6. The van der Waals surface area contributed by atoms with Gasteiger partial charge in [0.2, 0.25) is 0 Å². The first kappa shape index (κ1) is 50.6. The van der Waals surface area contributed by atoms with Crippen molar-refractivity contribution in [1.29, 1.82) is 0 Å². The van der Waals surface area contributed by atoms with Crippen LogP contribution in [-0.4, -0.2) is 37.2 Å². The molecule has 54 heavy (non-hydrogen) atoms. The number of esters is 3. The van der Waals surface area contributed by atoms with E-state index in [1.54, 1.807) is 0 Å². The van der Waals surface area contributed by atoms with E-state index in [-0.39, 0.29) is 31.6 Å². The van der Waals surface area contributed by atoms with Gasteiger partial charge in [-0.1, -0.05) is 170 Å². The molecule has 0 aliphatic heterocycles. The van der Waals surface area contributed by atoms with Gasteiger partial charge in [-0.05, 0) is 77.0 Å². The zero-order valence-electron chi connectivity index (χ0n) is 34.7. The van der Waals surface area contributed by atoms with Crippen molar-refractivity contribution in [1.82, 2.24) is 0 Å². The van der Waals surface area contributed by atoms with Crippen molar-refractivity contribution in [2.45, 2.75) is 187 Å². The largest absolute Gasteiger partial charge is 0.462 e. The second-order valence-corrected chi connectivity index (χ2v) is 13.8. The Morgan fingerprint density at radius 2 is 0.759 bits per heavy atom. The molecule has 0 saturated carbocycles. The Morgan fingerprint density at radius 1 is 0.389 bits per heavy atom. The lowest BCUT2D eigenvalue weighted by atomic mass is 10.1. The van der Waals surface area contributed by atoms with Crippen molar-refractivity contribution < 1.29 is 28.6 Å². The minimum atomic E-state index is -0.817. The fourth-order valence-corrected chi connectivity index (χ4v) is 5.47. The molecule has 0 aromatic rings. The van der Waals surface area contributed by atoms with E-state index in [0.29, 0.717) is 19.3 Å². The van der Waals surface area contributed by atoms with Crippen LogP contribution in [0.5, 0.6) is 0 Å². The molecule has 0 saturated heterocycles. The third kappa shape index (κ3) is 39.8. The van der Waals surface area contributed by atoms with Gasteiger partial charge in [0.05, 0.1) is 0 Å². The van der Waals surface area contributed by atoms with Gasteiger partial charge in [-0.3, -0.25) is 14.4 Å². The predicted octanol–water partition coefficient (Wildman–Crippen LogP) is 13.7. The van der Waals surface area contributed by atoms with Crippen LogP contribution in [-0.2, 0) is 28.6 Å². The maximum absolute atomic E-state index is 12.6. The maximum atomic E-state index is 12.6. The topological polar surface area (TPSA) is 78.9 Å². The Bertz CT molecular complexity index is 1090. The SMILES string of the molecule is CC/C=C\C/C=C\C/C=C\C/C=C\CCC(=O)OC(COC(=O)CCCCCCC/C=C\C/C=C\C/C=C\CC)COC(=O)CCCCCCCCCC. The van der Waals surface area contributed by atoms with E-state index in [2.05, 4.69) is 93.7 Å². The highest BCUT2D eigenvalue weighted by Crippen LogP contribution is 2.12. The zero-order valence-corrected chi connectivity index (χ0v) is 34.7. The Kier molecular flexibility index (Phi) is 39.7. The van der Waals surface area contributed by atoms with E-state index in [4.69, 9.17) is 14.2 Å². The highest BCUT2D eigenvalue weighted by Gasteiger charge is 2.19. The number of unbranched alkanes of at least 4 members (excludes halogenated alkanes) is 12. The lowest BCUT2D eigenvalue weighted by molar-refractivity contribution is -0.166. The van der Waals surface area contributed by atoms with Crippen LogP contribution in [0.25, 0.3) is 0 Å². The quantitative estimate of drug-likeness (QED) is 0.0272. The summed E-state index contributed by atoms with van der Waals surface area (Å²) in [5.41, 5.74) is 0. The van der Waals surface area contributed by atoms with Crippen LogP contribution in [0.15, 0.2) is 85.1 Å². The van der Waals surface area contributed by atoms with E-state index in [9.17, 15) is 14.4 Å². The highest BCUT2D eigenvalue weighted by molar-refractivity contribution is 5.71. The lowest BCUT2D eigenvalue weighted by Crippen LogP contribution is -2.30. The summed E-state index contributed by atoms with van der Waals surface area (Å²) in [5.74, 6) is -1.03. The summed E-state index contributed by atoms with van der Waals surface area (Å²) < 4.78 is 16.6. The Balaban J connectivity index is 4.49. The fraction of sp³-hybridized carbons (Fsp3) is 0.646. The number of carbonyl (C=O) groups excluding carboxylic acids is 3. The van der Waals surface area contributed by atoms with Crippen molar-refractivity contribution >= 4 is 17.9 Å². The molecule has 1 unspecified atom stereocenters. The number of hydrogen-bond donors (Lipinski definition) is 0.